The Balaban J connectivity index is 1.78. The summed E-state index contributed by atoms with van der Waals surface area (Å²) in [5.41, 5.74) is 0.992. The van der Waals surface area contributed by atoms with Crippen molar-refractivity contribution in [2.45, 2.75) is 19.1 Å². The van der Waals surface area contributed by atoms with E-state index in [9.17, 15) is 4.79 Å². The van der Waals surface area contributed by atoms with E-state index in [4.69, 9.17) is 21.3 Å². The lowest BCUT2D eigenvalue weighted by atomic mass is 10.2. The van der Waals surface area contributed by atoms with Crippen LogP contribution in [0.4, 0.5) is 0 Å². The van der Waals surface area contributed by atoms with Crippen LogP contribution < -0.4 is 0 Å². The first-order valence-corrected chi connectivity index (χ1v) is 5.92. The highest BCUT2D eigenvalue weighted by atomic mass is 35.5. The minimum Gasteiger partial charge on any atom is -0.389 e. The zero-order chi connectivity index (χ0) is 12.8. The second-order valence-corrected chi connectivity index (χ2v) is 4.30. The summed E-state index contributed by atoms with van der Waals surface area (Å²) in [6, 6.07) is 9.60. The first-order valence-electron chi connectivity index (χ1n) is 5.55. The fourth-order valence-corrected chi connectivity index (χ4v) is 1.76. The molecular formula is C12H13ClN2O3. The smallest absolute Gasteiger partial charge is 0.233 e. The van der Waals surface area contributed by atoms with Crippen LogP contribution in [-0.4, -0.2) is 29.3 Å². The standard InChI is InChI=1S/C12H13ClN2O3/c13-12-6-11(18-14-12)7-15(9-16)17-8-10-4-2-1-3-5-10/h1-5,9,11H,6-8H2. The van der Waals surface area contributed by atoms with E-state index in [0.717, 1.165) is 5.56 Å². The quantitative estimate of drug-likeness (QED) is 0.585. The predicted octanol–water partition coefficient (Wildman–Crippen LogP) is 1.92. The summed E-state index contributed by atoms with van der Waals surface area (Å²) in [7, 11) is 0. The number of rotatable bonds is 6. The Kier molecular flexibility index (Phi) is 4.55. The normalized spacial score (nSPS) is 18.1. The fourth-order valence-electron chi connectivity index (χ4n) is 1.55. The number of amides is 1. The van der Waals surface area contributed by atoms with Crippen LogP contribution in [0, 0.1) is 0 Å². The van der Waals surface area contributed by atoms with Gasteiger partial charge in [-0.25, -0.2) is 5.06 Å². The number of benzene rings is 1. The van der Waals surface area contributed by atoms with Crippen molar-refractivity contribution in [1.29, 1.82) is 0 Å². The Hall–Kier alpha value is -1.59. The Morgan fingerprint density at radius 1 is 1.50 bits per heavy atom. The molecule has 1 aromatic carbocycles. The van der Waals surface area contributed by atoms with Crippen LogP contribution in [0.15, 0.2) is 35.5 Å². The summed E-state index contributed by atoms with van der Waals surface area (Å²) >= 11 is 5.68. The van der Waals surface area contributed by atoms with Crippen molar-refractivity contribution < 1.29 is 14.5 Å². The molecule has 0 bridgehead atoms. The Morgan fingerprint density at radius 3 is 2.89 bits per heavy atom. The molecule has 1 amide bonds. The lowest BCUT2D eigenvalue weighted by Crippen LogP contribution is -2.31. The van der Waals surface area contributed by atoms with Crippen LogP contribution >= 0.6 is 11.6 Å². The van der Waals surface area contributed by atoms with Gasteiger partial charge in [-0.2, -0.15) is 0 Å². The van der Waals surface area contributed by atoms with E-state index in [2.05, 4.69) is 5.16 Å². The van der Waals surface area contributed by atoms with Crippen LogP contribution in [0.3, 0.4) is 0 Å². The van der Waals surface area contributed by atoms with E-state index < -0.39 is 0 Å². The molecule has 1 unspecified atom stereocenters. The van der Waals surface area contributed by atoms with Gasteiger partial charge in [0, 0.05) is 6.42 Å². The largest absolute Gasteiger partial charge is 0.389 e. The molecule has 5 nitrogen and oxygen atoms in total. The number of carbonyl (C=O) groups is 1. The van der Waals surface area contributed by atoms with Gasteiger partial charge in [0.15, 0.2) is 6.10 Å². The molecule has 0 saturated heterocycles. The van der Waals surface area contributed by atoms with E-state index >= 15 is 0 Å². The Morgan fingerprint density at radius 2 is 2.28 bits per heavy atom. The summed E-state index contributed by atoms with van der Waals surface area (Å²) in [5, 5.41) is 5.22. The molecule has 96 valence electrons. The van der Waals surface area contributed by atoms with E-state index in [-0.39, 0.29) is 6.10 Å². The van der Waals surface area contributed by atoms with Gasteiger partial charge in [0.1, 0.15) is 11.8 Å². The predicted molar refractivity (Wildman–Crippen MR) is 66.8 cm³/mol. The number of hydroxylamine groups is 2. The van der Waals surface area contributed by atoms with Crippen LogP contribution in [-0.2, 0) is 21.1 Å². The van der Waals surface area contributed by atoms with E-state index in [1.807, 2.05) is 30.3 Å². The molecular weight excluding hydrogens is 256 g/mol. The first kappa shape index (κ1) is 12.9. The van der Waals surface area contributed by atoms with E-state index in [1.54, 1.807) is 0 Å². The van der Waals surface area contributed by atoms with Crippen molar-refractivity contribution in [1.82, 2.24) is 5.06 Å². The highest BCUT2D eigenvalue weighted by Gasteiger charge is 2.22. The van der Waals surface area contributed by atoms with E-state index in [1.165, 1.54) is 5.06 Å². The molecule has 18 heavy (non-hydrogen) atoms. The molecule has 1 aromatic rings. The number of hydrogen-bond donors (Lipinski definition) is 0. The number of halogens is 1. The van der Waals surface area contributed by atoms with Gasteiger partial charge >= 0.3 is 0 Å². The van der Waals surface area contributed by atoms with Crippen molar-refractivity contribution in [3.05, 3.63) is 35.9 Å². The number of nitrogens with zero attached hydrogens (tertiary/aromatic N) is 2. The van der Waals surface area contributed by atoms with Gasteiger partial charge < -0.3 is 4.84 Å². The maximum atomic E-state index is 10.9. The minimum absolute atomic E-state index is 0.238. The molecule has 0 aromatic heterocycles. The van der Waals surface area contributed by atoms with Crippen molar-refractivity contribution >= 4 is 23.2 Å². The average molecular weight is 269 g/mol. The maximum absolute atomic E-state index is 10.9. The molecule has 1 aliphatic heterocycles. The molecule has 0 spiro atoms. The molecule has 0 fully saturated rings. The maximum Gasteiger partial charge on any atom is 0.233 e. The zero-order valence-electron chi connectivity index (χ0n) is 9.66. The van der Waals surface area contributed by atoms with Gasteiger partial charge in [-0.1, -0.05) is 47.1 Å². The number of carbonyl (C=O) groups excluding carboxylic acids is 1. The number of hydrogen-bond acceptors (Lipinski definition) is 4. The molecule has 0 aliphatic carbocycles. The van der Waals surface area contributed by atoms with Crippen molar-refractivity contribution in [3.8, 4) is 0 Å². The summed E-state index contributed by atoms with van der Waals surface area (Å²) in [6.07, 6.45) is 0.887. The molecule has 0 radical (unpaired) electrons. The van der Waals surface area contributed by atoms with Crippen LogP contribution in [0.25, 0.3) is 0 Å². The Bertz CT molecular complexity index is 425. The average Bonchev–Trinajstić information content (AvgIpc) is 2.81. The molecule has 6 heteroatoms. The monoisotopic (exact) mass is 268 g/mol. The second kappa shape index (κ2) is 6.37. The Labute approximate surface area is 110 Å². The SMILES string of the molecule is O=CN(CC1CC(Cl)=NO1)OCc1ccccc1. The van der Waals surface area contributed by atoms with Crippen molar-refractivity contribution in [2.24, 2.45) is 5.16 Å². The number of oxime groups is 1. The van der Waals surface area contributed by atoms with Crippen LogP contribution in [0.1, 0.15) is 12.0 Å². The fraction of sp³-hybridized carbons (Fsp3) is 0.333. The minimum atomic E-state index is -0.238. The van der Waals surface area contributed by atoms with Gasteiger partial charge in [-0.05, 0) is 5.56 Å². The third-order valence-electron chi connectivity index (χ3n) is 2.44. The van der Waals surface area contributed by atoms with Gasteiger partial charge in [0.05, 0.1) is 6.54 Å². The molecule has 0 N–H and O–H groups in total. The highest BCUT2D eigenvalue weighted by molar-refractivity contribution is 6.65. The van der Waals surface area contributed by atoms with Gasteiger partial charge in [-0.3, -0.25) is 9.63 Å². The summed E-state index contributed by atoms with van der Waals surface area (Å²) in [6.45, 7) is 0.636. The van der Waals surface area contributed by atoms with E-state index in [0.29, 0.717) is 31.2 Å². The summed E-state index contributed by atoms with van der Waals surface area (Å²) in [5.74, 6) is 0. The lowest BCUT2D eigenvalue weighted by molar-refractivity contribution is -0.185. The van der Waals surface area contributed by atoms with Crippen molar-refractivity contribution in [3.63, 3.8) is 0 Å². The highest BCUT2D eigenvalue weighted by Crippen LogP contribution is 2.14. The summed E-state index contributed by atoms with van der Waals surface area (Å²) in [4.78, 5) is 21.3. The lowest BCUT2D eigenvalue weighted by Gasteiger charge is -2.19. The first-order chi connectivity index (χ1) is 8.78. The molecule has 2 rings (SSSR count). The molecule has 0 saturated carbocycles. The second-order valence-electron chi connectivity index (χ2n) is 3.86. The third-order valence-corrected chi connectivity index (χ3v) is 2.66. The van der Waals surface area contributed by atoms with Crippen molar-refractivity contribution in [2.75, 3.05) is 6.54 Å². The van der Waals surface area contributed by atoms with Crippen LogP contribution in [0.2, 0.25) is 0 Å². The molecule has 1 heterocycles. The topological polar surface area (TPSA) is 51.1 Å². The third kappa shape index (κ3) is 3.72. The van der Waals surface area contributed by atoms with Gasteiger partial charge in [0.2, 0.25) is 6.41 Å². The van der Waals surface area contributed by atoms with Crippen LogP contribution in [0.5, 0.6) is 0 Å². The zero-order valence-corrected chi connectivity index (χ0v) is 10.4. The molecule has 1 aliphatic rings. The molecule has 1 atom stereocenters. The van der Waals surface area contributed by atoms with Gasteiger partial charge in [-0.15, -0.1) is 0 Å². The summed E-state index contributed by atoms with van der Waals surface area (Å²) < 4.78 is 0. The van der Waals surface area contributed by atoms with Gasteiger partial charge in [0.25, 0.3) is 0 Å².